The molecule has 2 aromatic carbocycles. The van der Waals surface area contributed by atoms with Gasteiger partial charge in [0.25, 0.3) is 10.0 Å². The van der Waals surface area contributed by atoms with E-state index in [2.05, 4.69) is 23.6 Å². The zero-order valence-electron chi connectivity index (χ0n) is 14.3. The molecular weight excluding hydrogens is 372 g/mol. The highest BCUT2D eigenvalue weighted by atomic mass is 32.2. The minimum atomic E-state index is -3.59. The van der Waals surface area contributed by atoms with Crippen molar-refractivity contribution in [3.63, 3.8) is 0 Å². The molecular formula is C18H20N2O2S3. The zero-order chi connectivity index (χ0) is 18.0. The van der Waals surface area contributed by atoms with Crippen LogP contribution in [-0.2, 0) is 16.4 Å². The van der Waals surface area contributed by atoms with Crippen molar-refractivity contribution in [1.29, 1.82) is 0 Å². The number of fused-ring (bicyclic) bond motifs is 1. The Labute approximate surface area is 156 Å². The van der Waals surface area contributed by atoms with Gasteiger partial charge in [0.1, 0.15) is 0 Å². The summed E-state index contributed by atoms with van der Waals surface area (Å²) in [5, 5.41) is 0.463. The number of aromatic nitrogens is 1. The number of nitrogens with zero attached hydrogens (tertiary/aromatic N) is 1. The average Bonchev–Trinajstić information content (AvgIpc) is 2.95. The molecule has 1 aromatic heterocycles. The standard InChI is InChI=1S/C18H20N2O2S3/c1-4-13-5-8-15(9-6-13)25(21,22)20-14-7-10-16-17(11-14)24-18(19-16)23-12(2)3/h5-12,20H,4H2,1-3H3. The predicted octanol–water partition coefficient (Wildman–Crippen LogP) is 5.16. The third-order valence-corrected chi connectivity index (χ3v) is 7.11. The summed E-state index contributed by atoms with van der Waals surface area (Å²) in [6.07, 6.45) is 0.881. The monoisotopic (exact) mass is 392 g/mol. The van der Waals surface area contributed by atoms with Crippen LogP contribution in [0.1, 0.15) is 26.3 Å². The Bertz CT molecular complexity index is 977. The second kappa shape index (κ2) is 7.35. The molecule has 4 nitrogen and oxygen atoms in total. The molecule has 0 fully saturated rings. The van der Waals surface area contributed by atoms with Crippen LogP contribution in [0.15, 0.2) is 51.7 Å². The first-order chi connectivity index (χ1) is 11.9. The second-order valence-electron chi connectivity index (χ2n) is 5.93. The first-order valence-electron chi connectivity index (χ1n) is 8.06. The fraction of sp³-hybridized carbons (Fsp3) is 0.278. The van der Waals surface area contributed by atoms with Gasteiger partial charge in [-0.15, -0.1) is 11.3 Å². The number of thioether (sulfide) groups is 1. The van der Waals surface area contributed by atoms with E-state index in [9.17, 15) is 8.42 Å². The van der Waals surface area contributed by atoms with E-state index in [4.69, 9.17) is 0 Å². The van der Waals surface area contributed by atoms with Gasteiger partial charge in [-0.2, -0.15) is 0 Å². The molecule has 25 heavy (non-hydrogen) atoms. The molecule has 0 unspecified atom stereocenters. The van der Waals surface area contributed by atoms with E-state index in [1.807, 2.05) is 31.2 Å². The molecule has 1 heterocycles. The van der Waals surface area contributed by atoms with Crippen LogP contribution in [-0.4, -0.2) is 18.7 Å². The van der Waals surface area contributed by atoms with Crippen molar-refractivity contribution < 1.29 is 8.42 Å². The maximum Gasteiger partial charge on any atom is 0.261 e. The zero-order valence-corrected chi connectivity index (χ0v) is 16.8. The molecule has 1 N–H and O–H groups in total. The molecule has 7 heteroatoms. The fourth-order valence-electron chi connectivity index (χ4n) is 2.34. The van der Waals surface area contributed by atoms with Crippen LogP contribution in [0.25, 0.3) is 10.2 Å². The Morgan fingerprint density at radius 1 is 1.16 bits per heavy atom. The Morgan fingerprint density at radius 2 is 1.88 bits per heavy atom. The first-order valence-corrected chi connectivity index (χ1v) is 11.2. The van der Waals surface area contributed by atoms with Crippen molar-refractivity contribution in [3.8, 4) is 0 Å². The van der Waals surface area contributed by atoms with E-state index in [-0.39, 0.29) is 4.90 Å². The number of thiazole rings is 1. The molecule has 0 spiro atoms. The molecule has 0 aliphatic rings. The molecule has 0 amide bonds. The van der Waals surface area contributed by atoms with Gasteiger partial charge in [0, 0.05) is 5.25 Å². The quantitative estimate of drug-likeness (QED) is 0.589. The minimum Gasteiger partial charge on any atom is -0.280 e. The molecule has 0 saturated carbocycles. The van der Waals surface area contributed by atoms with Crippen molar-refractivity contribution >= 4 is 49.0 Å². The Balaban J connectivity index is 1.85. The van der Waals surface area contributed by atoms with E-state index in [0.717, 1.165) is 26.5 Å². The number of benzene rings is 2. The summed E-state index contributed by atoms with van der Waals surface area (Å²) in [5.74, 6) is 0. The first kappa shape index (κ1) is 18.2. The Kier molecular flexibility index (Phi) is 5.36. The molecule has 0 aliphatic carbocycles. The average molecular weight is 393 g/mol. The van der Waals surface area contributed by atoms with Crippen molar-refractivity contribution in [2.45, 2.75) is 41.7 Å². The topological polar surface area (TPSA) is 59.1 Å². The lowest BCUT2D eigenvalue weighted by Gasteiger charge is -2.08. The van der Waals surface area contributed by atoms with Gasteiger partial charge in [0.2, 0.25) is 0 Å². The highest BCUT2D eigenvalue weighted by molar-refractivity contribution is 8.01. The molecule has 0 saturated heterocycles. The van der Waals surface area contributed by atoms with Gasteiger partial charge in [-0.1, -0.05) is 44.7 Å². The van der Waals surface area contributed by atoms with E-state index in [0.29, 0.717) is 10.9 Å². The fourth-order valence-corrected chi connectivity index (χ4v) is 5.72. The van der Waals surface area contributed by atoms with Gasteiger partial charge in [-0.3, -0.25) is 4.72 Å². The van der Waals surface area contributed by atoms with E-state index in [1.54, 1.807) is 41.3 Å². The van der Waals surface area contributed by atoms with Crippen LogP contribution in [0.3, 0.4) is 0 Å². The summed E-state index contributed by atoms with van der Waals surface area (Å²) in [5.41, 5.74) is 2.56. The van der Waals surface area contributed by atoms with Gasteiger partial charge >= 0.3 is 0 Å². The van der Waals surface area contributed by atoms with E-state index < -0.39 is 10.0 Å². The molecule has 0 atom stereocenters. The predicted molar refractivity (Wildman–Crippen MR) is 107 cm³/mol. The summed E-state index contributed by atoms with van der Waals surface area (Å²) in [7, 11) is -3.59. The molecule has 0 bridgehead atoms. The highest BCUT2D eigenvalue weighted by Crippen LogP contribution is 2.33. The number of hydrogen-bond donors (Lipinski definition) is 1. The summed E-state index contributed by atoms with van der Waals surface area (Å²) in [6, 6.07) is 12.4. The van der Waals surface area contributed by atoms with Crippen molar-refractivity contribution in [3.05, 3.63) is 48.0 Å². The van der Waals surface area contributed by atoms with Crippen LogP contribution >= 0.6 is 23.1 Å². The summed E-state index contributed by atoms with van der Waals surface area (Å²) in [6.45, 7) is 6.29. The van der Waals surface area contributed by atoms with Crippen LogP contribution in [0.2, 0.25) is 0 Å². The normalized spacial score (nSPS) is 12.0. The molecule has 3 aromatic rings. The third-order valence-electron chi connectivity index (χ3n) is 3.60. The van der Waals surface area contributed by atoms with Gasteiger partial charge in [-0.25, -0.2) is 13.4 Å². The van der Waals surface area contributed by atoms with Gasteiger partial charge in [0.05, 0.1) is 20.8 Å². The van der Waals surface area contributed by atoms with Crippen LogP contribution in [0.5, 0.6) is 0 Å². The third kappa shape index (κ3) is 4.34. The SMILES string of the molecule is CCc1ccc(S(=O)(=O)Nc2ccc3nc(SC(C)C)sc3c2)cc1. The lowest BCUT2D eigenvalue weighted by atomic mass is 10.2. The van der Waals surface area contributed by atoms with E-state index >= 15 is 0 Å². The smallest absolute Gasteiger partial charge is 0.261 e. The molecule has 3 rings (SSSR count). The number of hydrogen-bond acceptors (Lipinski definition) is 5. The molecule has 132 valence electrons. The largest absolute Gasteiger partial charge is 0.280 e. The van der Waals surface area contributed by atoms with Gasteiger partial charge in [0.15, 0.2) is 4.34 Å². The lowest BCUT2D eigenvalue weighted by molar-refractivity contribution is 0.601. The van der Waals surface area contributed by atoms with Crippen LogP contribution < -0.4 is 4.72 Å². The highest BCUT2D eigenvalue weighted by Gasteiger charge is 2.15. The molecule has 0 radical (unpaired) electrons. The number of aryl methyl sites for hydroxylation is 1. The minimum absolute atomic E-state index is 0.269. The van der Waals surface area contributed by atoms with Crippen LogP contribution in [0.4, 0.5) is 5.69 Å². The second-order valence-corrected chi connectivity index (χ2v) is 10.5. The summed E-state index contributed by atoms with van der Waals surface area (Å²) >= 11 is 3.30. The van der Waals surface area contributed by atoms with Gasteiger partial charge < -0.3 is 0 Å². The maximum absolute atomic E-state index is 12.6. The number of anilines is 1. The number of rotatable bonds is 6. The van der Waals surface area contributed by atoms with E-state index in [1.165, 1.54) is 0 Å². The summed E-state index contributed by atoms with van der Waals surface area (Å²) in [4.78, 5) is 4.84. The van der Waals surface area contributed by atoms with Crippen molar-refractivity contribution in [2.24, 2.45) is 0 Å². The Morgan fingerprint density at radius 3 is 2.52 bits per heavy atom. The number of sulfonamides is 1. The van der Waals surface area contributed by atoms with Crippen molar-refractivity contribution in [2.75, 3.05) is 4.72 Å². The maximum atomic E-state index is 12.6. The van der Waals surface area contributed by atoms with Crippen molar-refractivity contribution in [1.82, 2.24) is 4.98 Å². The van der Waals surface area contributed by atoms with Crippen LogP contribution in [0, 0.1) is 0 Å². The lowest BCUT2D eigenvalue weighted by Crippen LogP contribution is -2.12. The Hall–Kier alpha value is -1.57. The van der Waals surface area contributed by atoms with Gasteiger partial charge in [-0.05, 0) is 42.3 Å². The summed E-state index contributed by atoms with van der Waals surface area (Å²) < 4.78 is 29.8. The number of nitrogens with one attached hydrogen (secondary N) is 1. The molecule has 0 aliphatic heterocycles.